The lowest BCUT2D eigenvalue weighted by Crippen LogP contribution is -1.86. The Balaban J connectivity index is 2.71. The Morgan fingerprint density at radius 2 is 2.27 bits per heavy atom. The molecule has 11 heavy (non-hydrogen) atoms. The SMILES string of the molecule is C=C/C=C\C1=C(C)C(C)CC1. The van der Waals surface area contributed by atoms with Crippen LogP contribution in [0.4, 0.5) is 0 Å². The summed E-state index contributed by atoms with van der Waals surface area (Å²) in [5, 5.41) is 0. The van der Waals surface area contributed by atoms with Gasteiger partial charge in [-0.3, -0.25) is 0 Å². The minimum absolute atomic E-state index is 0.791. The van der Waals surface area contributed by atoms with Crippen LogP contribution in [-0.2, 0) is 0 Å². The highest BCUT2D eigenvalue weighted by molar-refractivity contribution is 5.31. The molecule has 0 amide bonds. The van der Waals surface area contributed by atoms with E-state index in [0.717, 1.165) is 5.92 Å². The van der Waals surface area contributed by atoms with Gasteiger partial charge in [0.1, 0.15) is 0 Å². The summed E-state index contributed by atoms with van der Waals surface area (Å²) in [6.45, 7) is 8.19. The summed E-state index contributed by atoms with van der Waals surface area (Å²) in [5.41, 5.74) is 3.07. The molecule has 0 aromatic carbocycles. The third-order valence-electron chi connectivity index (χ3n) is 2.53. The van der Waals surface area contributed by atoms with Crippen LogP contribution in [0.2, 0.25) is 0 Å². The van der Waals surface area contributed by atoms with E-state index in [9.17, 15) is 0 Å². The van der Waals surface area contributed by atoms with Crippen molar-refractivity contribution in [2.24, 2.45) is 5.92 Å². The zero-order chi connectivity index (χ0) is 8.27. The normalized spacial score (nSPS) is 25.1. The zero-order valence-electron chi connectivity index (χ0n) is 7.43. The first-order chi connectivity index (χ1) is 5.25. The summed E-state index contributed by atoms with van der Waals surface area (Å²) in [6.07, 6.45) is 8.62. The minimum Gasteiger partial charge on any atom is -0.0991 e. The fourth-order valence-electron chi connectivity index (χ4n) is 1.50. The van der Waals surface area contributed by atoms with E-state index in [-0.39, 0.29) is 0 Å². The predicted octanol–water partition coefficient (Wildman–Crippen LogP) is 3.48. The van der Waals surface area contributed by atoms with E-state index in [1.165, 1.54) is 18.4 Å². The van der Waals surface area contributed by atoms with Crippen LogP contribution in [0.1, 0.15) is 26.7 Å². The van der Waals surface area contributed by atoms with Crippen molar-refractivity contribution in [1.29, 1.82) is 0 Å². The van der Waals surface area contributed by atoms with Gasteiger partial charge >= 0.3 is 0 Å². The molecule has 0 aliphatic heterocycles. The summed E-state index contributed by atoms with van der Waals surface area (Å²) in [7, 11) is 0. The average Bonchev–Trinajstić information content (AvgIpc) is 2.31. The second-order valence-electron chi connectivity index (χ2n) is 3.24. The van der Waals surface area contributed by atoms with Crippen LogP contribution in [-0.4, -0.2) is 0 Å². The second-order valence-corrected chi connectivity index (χ2v) is 3.24. The van der Waals surface area contributed by atoms with Crippen LogP contribution < -0.4 is 0 Å². The smallest absolute Gasteiger partial charge is 0.0225 e. The number of allylic oxidation sites excluding steroid dienone is 5. The maximum Gasteiger partial charge on any atom is -0.0225 e. The van der Waals surface area contributed by atoms with Crippen LogP contribution >= 0.6 is 0 Å². The topological polar surface area (TPSA) is 0 Å². The highest BCUT2D eigenvalue weighted by Gasteiger charge is 2.15. The first-order valence-electron chi connectivity index (χ1n) is 4.24. The van der Waals surface area contributed by atoms with Crippen molar-refractivity contribution in [2.45, 2.75) is 26.7 Å². The van der Waals surface area contributed by atoms with E-state index in [1.54, 1.807) is 5.57 Å². The standard InChI is InChI=1S/C11H16/c1-4-5-6-11-8-7-9(2)10(11)3/h4-6,9H,1,7-8H2,2-3H3/b6-5-. The van der Waals surface area contributed by atoms with Crippen molar-refractivity contribution in [2.75, 3.05) is 0 Å². The molecule has 1 unspecified atom stereocenters. The third kappa shape index (κ3) is 1.83. The van der Waals surface area contributed by atoms with Gasteiger partial charge in [0.25, 0.3) is 0 Å². The summed E-state index contributed by atoms with van der Waals surface area (Å²) in [5.74, 6) is 0.791. The van der Waals surface area contributed by atoms with Crippen molar-refractivity contribution >= 4 is 0 Å². The van der Waals surface area contributed by atoms with Crippen LogP contribution in [0, 0.1) is 5.92 Å². The second kappa shape index (κ2) is 3.56. The average molecular weight is 148 g/mol. The van der Waals surface area contributed by atoms with E-state index in [4.69, 9.17) is 0 Å². The van der Waals surface area contributed by atoms with Gasteiger partial charge in [0.2, 0.25) is 0 Å². The molecule has 0 aromatic rings. The molecule has 1 aliphatic rings. The molecule has 0 radical (unpaired) electrons. The quantitative estimate of drug-likeness (QED) is 0.526. The fourth-order valence-corrected chi connectivity index (χ4v) is 1.50. The van der Waals surface area contributed by atoms with Crippen LogP contribution in [0.5, 0.6) is 0 Å². The van der Waals surface area contributed by atoms with Crippen molar-refractivity contribution < 1.29 is 0 Å². The molecular formula is C11H16. The Labute approximate surface area is 69.3 Å². The number of rotatable bonds is 2. The molecule has 0 saturated carbocycles. The van der Waals surface area contributed by atoms with Crippen molar-refractivity contribution in [3.63, 3.8) is 0 Å². The predicted molar refractivity (Wildman–Crippen MR) is 50.4 cm³/mol. The van der Waals surface area contributed by atoms with Crippen molar-refractivity contribution in [3.05, 3.63) is 36.0 Å². The first-order valence-corrected chi connectivity index (χ1v) is 4.24. The van der Waals surface area contributed by atoms with Gasteiger partial charge in [-0.05, 0) is 31.3 Å². The molecule has 1 rings (SSSR count). The molecular weight excluding hydrogens is 132 g/mol. The minimum atomic E-state index is 0.791. The van der Waals surface area contributed by atoms with Gasteiger partial charge in [-0.25, -0.2) is 0 Å². The highest BCUT2D eigenvalue weighted by atomic mass is 14.2. The lowest BCUT2D eigenvalue weighted by molar-refractivity contribution is 0.669. The molecule has 60 valence electrons. The van der Waals surface area contributed by atoms with Crippen molar-refractivity contribution in [1.82, 2.24) is 0 Å². The number of hydrogen-bond acceptors (Lipinski definition) is 0. The maximum absolute atomic E-state index is 3.66. The molecule has 0 heterocycles. The highest BCUT2D eigenvalue weighted by Crippen LogP contribution is 2.31. The Hall–Kier alpha value is -0.780. The van der Waals surface area contributed by atoms with Gasteiger partial charge in [-0.1, -0.05) is 37.3 Å². The zero-order valence-corrected chi connectivity index (χ0v) is 7.43. The summed E-state index contributed by atoms with van der Waals surface area (Å²) >= 11 is 0. The molecule has 1 atom stereocenters. The molecule has 0 saturated heterocycles. The van der Waals surface area contributed by atoms with E-state index in [0.29, 0.717) is 0 Å². The van der Waals surface area contributed by atoms with Gasteiger partial charge in [0.05, 0.1) is 0 Å². The lowest BCUT2D eigenvalue weighted by Gasteiger charge is -2.00. The van der Waals surface area contributed by atoms with E-state index in [2.05, 4.69) is 26.5 Å². The summed E-state index contributed by atoms with van der Waals surface area (Å²) in [6, 6.07) is 0. The van der Waals surface area contributed by atoms with E-state index < -0.39 is 0 Å². The third-order valence-corrected chi connectivity index (χ3v) is 2.53. The molecule has 0 spiro atoms. The van der Waals surface area contributed by atoms with E-state index in [1.807, 2.05) is 12.2 Å². The lowest BCUT2D eigenvalue weighted by atomic mass is 10.1. The Morgan fingerprint density at radius 1 is 1.55 bits per heavy atom. The van der Waals surface area contributed by atoms with Crippen molar-refractivity contribution in [3.8, 4) is 0 Å². The molecule has 0 N–H and O–H groups in total. The van der Waals surface area contributed by atoms with Crippen LogP contribution in [0.3, 0.4) is 0 Å². The molecule has 0 aromatic heterocycles. The van der Waals surface area contributed by atoms with Gasteiger partial charge in [0.15, 0.2) is 0 Å². The molecule has 0 fully saturated rings. The van der Waals surface area contributed by atoms with Gasteiger partial charge in [0, 0.05) is 0 Å². The van der Waals surface area contributed by atoms with Crippen LogP contribution in [0.15, 0.2) is 36.0 Å². The molecule has 1 aliphatic carbocycles. The van der Waals surface area contributed by atoms with Gasteiger partial charge in [-0.2, -0.15) is 0 Å². The Kier molecular flexibility index (Phi) is 2.70. The molecule has 0 nitrogen and oxygen atoms in total. The van der Waals surface area contributed by atoms with Gasteiger partial charge in [-0.15, -0.1) is 0 Å². The summed E-state index contributed by atoms with van der Waals surface area (Å²) in [4.78, 5) is 0. The fraction of sp³-hybridized carbons (Fsp3) is 0.455. The number of hydrogen-bond donors (Lipinski definition) is 0. The van der Waals surface area contributed by atoms with Gasteiger partial charge < -0.3 is 0 Å². The molecule has 0 bridgehead atoms. The van der Waals surface area contributed by atoms with Crippen LogP contribution in [0.25, 0.3) is 0 Å². The monoisotopic (exact) mass is 148 g/mol. The Morgan fingerprint density at radius 3 is 2.73 bits per heavy atom. The maximum atomic E-state index is 3.66. The Bertz CT molecular complexity index is 206. The summed E-state index contributed by atoms with van der Waals surface area (Å²) < 4.78 is 0. The van der Waals surface area contributed by atoms with E-state index >= 15 is 0 Å². The first kappa shape index (κ1) is 8.32. The molecule has 0 heteroatoms. The largest absolute Gasteiger partial charge is 0.0991 e.